The molecule has 0 bridgehead atoms. The first kappa shape index (κ1) is 15.8. The molecule has 1 nitrogen and oxygen atoms in total. The standard InChI is InChI=1S/C15H12BrCl2FO/c16-10-5-4-9(14(18)7-10)6-11(20)8-12-13(17)2-1-3-15(12)19/h1-5,7,11,20H,6,8H2. The van der Waals surface area contributed by atoms with Gasteiger partial charge in [0.05, 0.1) is 6.10 Å². The second kappa shape index (κ2) is 6.90. The molecule has 1 N–H and O–H groups in total. The maximum Gasteiger partial charge on any atom is 0.127 e. The number of benzene rings is 2. The Morgan fingerprint density at radius 2 is 1.85 bits per heavy atom. The molecule has 0 heterocycles. The van der Waals surface area contributed by atoms with Crippen molar-refractivity contribution in [3.8, 4) is 0 Å². The maximum atomic E-state index is 13.7. The van der Waals surface area contributed by atoms with E-state index >= 15 is 0 Å². The summed E-state index contributed by atoms with van der Waals surface area (Å²) in [5.74, 6) is -0.404. The first-order valence-corrected chi connectivity index (χ1v) is 7.57. The highest BCUT2D eigenvalue weighted by atomic mass is 79.9. The Bertz CT molecular complexity index is 599. The van der Waals surface area contributed by atoms with Crippen LogP contribution in [-0.4, -0.2) is 11.2 Å². The van der Waals surface area contributed by atoms with Gasteiger partial charge in [0.2, 0.25) is 0 Å². The molecule has 0 spiro atoms. The first-order valence-electron chi connectivity index (χ1n) is 6.02. The van der Waals surface area contributed by atoms with Gasteiger partial charge in [-0.05, 0) is 29.8 Å². The van der Waals surface area contributed by atoms with E-state index in [1.54, 1.807) is 18.2 Å². The number of rotatable bonds is 4. The van der Waals surface area contributed by atoms with Crippen molar-refractivity contribution in [3.63, 3.8) is 0 Å². The summed E-state index contributed by atoms with van der Waals surface area (Å²) in [6.45, 7) is 0. The van der Waals surface area contributed by atoms with Gasteiger partial charge < -0.3 is 5.11 Å². The summed E-state index contributed by atoms with van der Waals surface area (Å²) in [6.07, 6.45) is -0.252. The van der Waals surface area contributed by atoms with E-state index in [4.69, 9.17) is 23.2 Å². The average Bonchev–Trinajstić information content (AvgIpc) is 2.37. The molecule has 0 fully saturated rings. The Labute approximate surface area is 135 Å². The average molecular weight is 378 g/mol. The molecule has 0 aliphatic heterocycles. The summed E-state index contributed by atoms with van der Waals surface area (Å²) >= 11 is 15.4. The molecule has 2 rings (SSSR count). The number of aliphatic hydroxyl groups excluding tert-OH is 1. The number of halogens is 4. The Morgan fingerprint density at radius 3 is 2.50 bits per heavy atom. The van der Waals surface area contributed by atoms with Gasteiger partial charge in [0.25, 0.3) is 0 Å². The molecule has 0 aromatic heterocycles. The molecule has 0 aliphatic rings. The van der Waals surface area contributed by atoms with E-state index < -0.39 is 11.9 Å². The highest BCUT2D eigenvalue weighted by Crippen LogP contribution is 2.25. The molecule has 2 aromatic carbocycles. The number of hydrogen-bond donors (Lipinski definition) is 1. The predicted octanol–water partition coefficient (Wildman–Crippen LogP) is 5.04. The molecular weight excluding hydrogens is 366 g/mol. The third kappa shape index (κ3) is 3.95. The van der Waals surface area contributed by atoms with Gasteiger partial charge >= 0.3 is 0 Å². The van der Waals surface area contributed by atoms with Crippen LogP contribution in [0.2, 0.25) is 10.0 Å². The molecule has 2 aromatic rings. The number of hydrogen-bond acceptors (Lipinski definition) is 1. The van der Waals surface area contributed by atoms with Crippen molar-refractivity contribution in [2.75, 3.05) is 0 Å². The number of aliphatic hydroxyl groups is 1. The monoisotopic (exact) mass is 376 g/mol. The van der Waals surface area contributed by atoms with E-state index in [2.05, 4.69) is 15.9 Å². The van der Waals surface area contributed by atoms with E-state index in [1.165, 1.54) is 6.07 Å². The van der Waals surface area contributed by atoms with Gasteiger partial charge in [-0.25, -0.2) is 4.39 Å². The van der Waals surface area contributed by atoms with Crippen molar-refractivity contribution < 1.29 is 9.50 Å². The van der Waals surface area contributed by atoms with Crippen molar-refractivity contribution in [1.29, 1.82) is 0 Å². The molecule has 0 amide bonds. The predicted molar refractivity (Wildman–Crippen MR) is 84.0 cm³/mol. The van der Waals surface area contributed by atoms with E-state index in [9.17, 15) is 9.50 Å². The lowest BCUT2D eigenvalue weighted by atomic mass is 10.0. The highest BCUT2D eigenvalue weighted by Gasteiger charge is 2.14. The Hall–Kier alpha value is -0.610. The topological polar surface area (TPSA) is 20.2 Å². The van der Waals surface area contributed by atoms with Crippen molar-refractivity contribution in [2.24, 2.45) is 0 Å². The molecule has 106 valence electrons. The molecular formula is C15H12BrCl2FO. The third-order valence-electron chi connectivity index (χ3n) is 2.97. The van der Waals surface area contributed by atoms with Gasteiger partial charge in [0.1, 0.15) is 5.82 Å². The second-order valence-corrected chi connectivity index (χ2v) is 6.23. The largest absolute Gasteiger partial charge is 0.392 e. The van der Waals surface area contributed by atoms with Crippen molar-refractivity contribution >= 4 is 39.1 Å². The summed E-state index contributed by atoms with van der Waals surface area (Å²) in [5, 5.41) is 11.0. The van der Waals surface area contributed by atoms with Gasteiger partial charge in [0.15, 0.2) is 0 Å². The lowest BCUT2D eigenvalue weighted by molar-refractivity contribution is 0.174. The minimum atomic E-state index is -0.747. The van der Waals surface area contributed by atoms with Gasteiger partial charge in [-0.1, -0.05) is 51.3 Å². The van der Waals surface area contributed by atoms with E-state index in [1.807, 2.05) is 12.1 Å². The van der Waals surface area contributed by atoms with Crippen LogP contribution in [0.5, 0.6) is 0 Å². The fraction of sp³-hybridized carbons (Fsp3) is 0.200. The van der Waals surface area contributed by atoms with Crippen LogP contribution >= 0.6 is 39.1 Å². The normalized spacial score (nSPS) is 12.4. The Balaban J connectivity index is 2.11. The zero-order valence-corrected chi connectivity index (χ0v) is 13.5. The zero-order chi connectivity index (χ0) is 14.7. The van der Waals surface area contributed by atoms with Crippen molar-refractivity contribution in [2.45, 2.75) is 18.9 Å². The maximum absolute atomic E-state index is 13.7. The quantitative estimate of drug-likeness (QED) is 0.791. The Morgan fingerprint density at radius 1 is 1.10 bits per heavy atom. The molecule has 1 atom stereocenters. The van der Waals surface area contributed by atoms with E-state index in [0.717, 1.165) is 10.0 Å². The third-order valence-corrected chi connectivity index (χ3v) is 4.17. The van der Waals surface area contributed by atoms with Crippen LogP contribution < -0.4 is 0 Å². The molecule has 1 unspecified atom stereocenters. The first-order chi connectivity index (χ1) is 9.47. The fourth-order valence-corrected chi connectivity index (χ4v) is 2.97. The second-order valence-electron chi connectivity index (χ2n) is 4.50. The summed E-state index contributed by atoms with van der Waals surface area (Å²) in [6, 6.07) is 9.93. The molecule has 0 saturated heterocycles. The van der Waals surface area contributed by atoms with E-state index in [-0.39, 0.29) is 6.42 Å². The highest BCUT2D eigenvalue weighted by molar-refractivity contribution is 9.10. The van der Waals surface area contributed by atoms with Crippen LogP contribution in [0.15, 0.2) is 40.9 Å². The smallest absolute Gasteiger partial charge is 0.127 e. The fourth-order valence-electron chi connectivity index (χ4n) is 1.98. The van der Waals surface area contributed by atoms with Crippen LogP contribution in [0.25, 0.3) is 0 Å². The Kier molecular flexibility index (Phi) is 5.44. The van der Waals surface area contributed by atoms with Gasteiger partial charge in [-0.15, -0.1) is 0 Å². The van der Waals surface area contributed by atoms with Crippen molar-refractivity contribution in [3.05, 3.63) is 67.9 Å². The van der Waals surface area contributed by atoms with Crippen LogP contribution in [0.4, 0.5) is 4.39 Å². The van der Waals surface area contributed by atoms with Crippen LogP contribution in [0, 0.1) is 5.82 Å². The summed E-state index contributed by atoms with van der Waals surface area (Å²) in [7, 11) is 0. The zero-order valence-electron chi connectivity index (χ0n) is 10.4. The van der Waals surface area contributed by atoms with Gasteiger partial charge in [0, 0.05) is 32.9 Å². The molecule has 0 radical (unpaired) electrons. The SMILES string of the molecule is OC(Cc1ccc(Br)cc1Cl)Cc1c(F)cccc1Cl. The van der Waals surface area contributed by atoms with Crippen LogP contribution in [-0.2, 0) is 12.8 Å². The minimum Gasteiger partial charge on any atom is -0.392 e. The summed E-state index contributed by atoms with van der Waals surface area (Å²) < 4.78 is 14.5. The summed E-state index contributed by atoms with van der Waals surface area (Å²) in [5.41, 5.74) is 1.14. The van der Waals surface area contributed by atoms with Gasteiger partial charge in [-0.2, -0.15) is 0 Å². The van der Waals surface area contributed by atoms with Gasteiger partial charge in [-0.3, -0.25) is 0 Å². The van der Waals surface area contributed by atoms with Crippen LogP contribution in [0.3, 0.4) is 0 Å². The van der Waals surface area contributed by atoms with E-state index in [0.29, 0.717) is 22.0 Å². The summed E-state index contributed by atoms with van der Waals surface area (Å²) in [4.78, 5) is 0. The molecule has 0 aliphatic carbocycles. The molecule has 20 heavy (non-hydrogen) atoms. The van der Waals surface area contributed by atoms with Crippen LogP contribution in [0.1, 0.15) is 11.1 Å². The molecule has 5 heteroatoms. The lowest BCUT2D eigenvalue weighted by Gasteiger charge is -2.13. The van der Waals surface area contributed by atoms with Crippen molar-refractivity contribution in [1.82, 2.24) is 0 Å². The molecule has 0 saturated carbocycles. The lowest BCUT2D eigenvalue weighted by Crippen LogP contribution is -2.15. The minimum absolute atomic E-state index is 0.151.